The molecule has 27 heavy (non-hydrogen) atoms. The van der Waals surface area contributed by atoms with E-state index in [4.69, 9.17) is 16.3 Å². The first-order valence-electron chi connectivity index (χ1n) is 8.39. The zero-order chi connectivity index (χ0) is 19.6. The molecule has 142 valence electrons. The minimum absolute atomic E-state index is 0.191. The summed E-state index contributed by atoms with van der Waals surface area (Å²) >= 11 is 5.82. The molecule has 2 aromatic rings. The van der Waals surface area contributed by atoms with Crippen LogP contribution in [0.4, 0.5) is 10.5 Å². The Bertz CT molecular complexity index is 776. The number of hydrogen-bond donors (Lipinski definition) is 2. The summed E-state index contributed by atoms with van der Waals surface area (Å²) in [5.74, 6) is 0.503. The summed E-state index contributed by atoms with van der Waals surface area (Å²) in [5.41, 5.74) is 1.12. The first kappa shape index (κ1) is 20.3. The molecule has 0 fully saturated rings. The average molecular weight is 388 g/mol. The van der Waals surface area contributed by atoms with E-state index in [1.807, 2.05) is 0 Å². The summed E-state index contributed by atoms with van der Waals surface area (Å²) in [7, 11) is 1.68. The predicted octanol–water partition coefficient (Wildman–Crippen LogP) is 3.80. The minimum Gasteiger partial charge on any atom is -0.492 e. The molecule has 0 aliphatic carbocycles. The Hall–Kier alpha value is -2.99. The normalized spacial score (nSPS) is 10.0. The lowest BCUT2D eigenvalue weighted by Crippen LogP contribution is -2.34. The zero-order valence-corrected chi connectivity index (χ0v) is 15.8. The number of likely N-dealkylation sites (N-methyl/N-ethyl adjacent to an activating group) is 1. The van der Waals surface area contributed by atoms with Crippen LogP contribution in [-0.4, -0.2) is 43.6 Å². The van der Waals surface area contributed by atoms with Crippen LogP contribution in [0.15, 0.2) is 61.2 Å². The number of halogens is 1. The molecule has 0 spiro atoms. The van der Waals surface area contributed by atoms with Crippen molar-refractivity contribution >= 4 is 29.2 Å². The van der Waals surface area contributed by atoms with E-state index in [-0.39, 0.29) is 11.9 Å². The van der Waals surface area contributed by atoms with Gasteiger partial charge in [0, 0.05) is 29.9 Å². The second-order valence-electron chi connectivity index (χ2n) is 5.73. The number of nitrogens with zero attached hydrogens (tertiary/aromatic N) is 1. The molecule has 0 radical (unpaired) electrons. The van der Waals surface area contributed by atoms with Crippen LogP contribution in [-0.2, 0) is 0 Å². The van der Waals surface area contributed by atoms with Crippen molar-refractivity contribution in [3.8, 4) is 5.75 Å². The van der Waals surface area contributed by atoms with E-state index in [9.17, 15) is 9.59 Å². The third-order valence-electron chi connectivity index (χ3n) is 3.66. The molecule has 0 aromatic heterocycles. The lowest BCUT2D eigenvalue weighted by atomic mass is 10.2. The van der Waals surface area contributed by atoms with Crippen molar-refractivity contribution < 1.29 is 14.3 Å². The summed E-state index contributed by atoms with van der Waals surface area (Å²) in [6.07, 6.45) is 1.61. The number of nitrogens with one attached hydrogen (secondary N) is 2. The molecule has 2 rings (SSSR count). The van der Waals surface area contributed by atoms with Gasteiger partial charge in [0.25, 0.3) is 5.91 Å². The molecule has 0 saturated heterocycles. The van der Waals surface area contributed by atoms with Crippen LogP contribution in [0.5, 0.6) is 5.75 Å². The molecule has 0 aliphatic rings. The summed E-state index contributed by atoms with van der Waals surface area (Å²) in [6.45, 7) is 4.72. The summed E-state index contributed by atoms with van der Waals surface area (Å²) in [5, 5.41) is 6.11. The number of carbonyl (C=O) groups excluding carboxylic acids is 2. The molecule has 0 heterocycles. The highest BCUT2D eigenvalue weighted by atomic mass is 35.5. The van der Waals surface area contributed by atoms with Gasteiger partial charge in [0.05, 0.1) is 6.54 Å². The summed E-state index contributed by atoms with van der Waals surface area (Å²) < 4.78 is 5.57. The quantitative estimate of drug-likeness (QED) is 0.677. The third kappa shape index (κ3) is 6.67. The Balaban J connectivity index is 1.78. The smallest absolute Gasteiger partial charge is 0.321 e. The topological polar surface area (TPSA) is 70.7 Å². The largest absolute Gasteiger partial charge is 0.492 e. The highest BCUT2D eigenvalue weighted by molar-refractivity contribution is 6.30. The van der Waals surface area contributed by atoms with Gasteiger partial charge in [-0.2, -0.15) is 0 Å². The molecular formula is C20H22ClN3O3. The Morgan fingerprint density at radius 2 is 1.81 bits per heavy atom. The van der Waals surface area contributed by atoms with Crippen LogP contribution in [0.2, 0.25) is 5.02 Å². The van der Waals surface area contributed by atoms with Gasteiger partial charge in [0.1, 0.15) is 12.4 Å². The average Bonchev–Trinajstić information content (AvgIpc) is 2.68. The molecule has 2 N–H and O–H groups in total. The zero-order valence-electron chi connectivity index (χ0n) is 15.1. The van der Waals surface area contributed by atoms with E-state index >= 15 is 0 Å². The lowest BCUT2D eigenvalue weighted by molar-refractivity contribution is 0.0958. The van der Waals surface area contributed by atoms with Gasteiger partial charge < -0.3 is 20.3 Å². The second-order valence-corrected chi connectivity index (χ2v) is 6.17. The van der Waals surface area contributed by atoms with Crippen molar-refractivity contribution in [1.29, 1.82) is 0 Å². The monoisotopic (exact) mass is 387 g/mol. The van der Waals surface area contributed by atoms with Gasteiger partial charge in [-0.25, -0.2) is 4.79 Å². The molecule has 7 heteroatoms. The van der Waals surface area contributed by atoms with Crippen LogP contribution >= 0.6 is 11.6 Å². The van der Waals surface area contributed by atoms with Gasteiger partial charge in [-0.3, -0.25) is 4.79 Å². The highest BCUT2D eigenvalue weighted by Gasteiger charge is 2.10. The van der Waals surface area contributed by atoms with Gasteiger partial charge in [0.15, 0.2) is 0 Å². The van der Waals surface area contributed by atoms with Crippen LogP contribution in [0.1, 0.15) is 10.4 Å². The maximum Gasteiger partial charge on any atom is 0.321 e. The predicted molar refractivity (Wildman–Crippen MR) is 108 cm³/mol. The number of ether oxygens (including phenoxy) is 1. The van der Waals surface area contributed by atoms with E-state index in [1.165, 1.54) is 4.90 Å². The summed E-state index contributed by atoms with van der Waals surface area (Å²) in [6, 6.07) is 13.4. The second kappa shape index (κ2) is 10.2. The number of carbonyl (C=O) groups is 2. The van der Waals surface area contributed by atoms with E-state index in [0.29, 0.717) is 41.7 Å². The van der Waals surface area contributed by atoms with Gasteiger partial charge in [-0.05, 0) is 48.5 Å². The van der Waals surface area contributed by atoms with Crippen LogP contribution in [0.25, 0.3) is 0 Å². The van der Waals surface area contributed by atoms with E-state index in [1.54, 1.807) is 61.7 Å². The molecule has 2 aromatic carbocycles. The Kier molecular flexibility index (Phi) is 7.70. The van der Waals surface area contributed by atoms with Gasteiger partial charge in [-0.15, -0.1) is 6.58 Å². The summed E-state index contributed by atoms with van der Waals surface area (Å²) in [4.78, 5) is 25.5. The Labute approximate surface area is 163 Å². The maximum absolute atomic E-state index is 12.2. The van der Waals surface area contributed by atoms with Crippen LogP contribution < -0.4 is 15.4 Å². The fourth-order valence-electron chi connectivity index (χ4n) is 2.12. The highest BCUT2D eigenvalue weighted by Crippen LogP contribution is 2.15. The van der Waals surface area contributed by atoms with Crippen molar-refractivity contribution in [2.45, 2.75) is 0 Å². The minimum atomic E-state index is -0.265. The van der Waals surface area contributed by atoms with Crippen LogP contribution in [0.3, 0.4) is 0 Å². The van der Waals surface area contributed by atoms with Gasteiger partial charge in [-0.1, -0.05) is 17.7 Å². The molecule has 0 unspecified atom stereocenters. The van der Waals surface area contributed by atoms with Crippen molar-refractivity contribution in [2.75, 3.05) is 32.1 Å². The first-order valence-corrected chi connectivity index (χ1v) is 8.77. The van der Waals surface area contributed by atoms with Crippen molar-refractivity contribution in [1.82, 2.24) is 10.2 Å². The van der Waals surface area contributed by atoms with E-state index in [2.05, 4.69) is 17.2 Å². The molecule has 0 atom stereocenters. The Morgan fingerprint density at radius 3 is 2.44 bits per heavy atom. The standard InChI is InChI=1S/C20H22ClN3O3/c1-3-12-22-19(25)15-4-8-17(9-5-15)23-20(26)24(2)13-14-27-18-10-6-16(21)7-11-18/h3-11H,1,12-14H2,2H3,(H,22,25)(H,23,26). The first-order chi connectivity index (χ1) is 13.0. The number of benzene rings is 2. The number of amides is 3. The fraction of sp³-hybridized carbons (Fsp3) is 0.200. The molecule has 3 amide bonds. The third-order valence-corrected chi connectivity index (χ3v) is 3.91. The Morgan fingerprint density at radius 1 is 1.15 bits per heavy atom. The number of hydrogen-bond acceptors (Lipinski definition) is 3. The van der Waals surface area contributed by atoms with Crippen molar-refractivity contribution in [3.05, 3.63) is 71.8 Å². The number of rotatable bonds is 8. The fourth-order valence-corrected chi connectivity index (χ4v) is 2.25. The maximum atomic E-state index is 12.2. The SMILES string of the molecule is C=CCNC(=O)c1ccc(NC(=O)N(C)CCOc2ccc(Cl)cc2)cc1. The van der Waals surface area contributed by atoms with E-state index in [0.717, 1.165) is 0 Å². The molecule has 0 saturated carbocycles. The number of anilines is 1. The van der Waals surface area contributed by atoms with Crippen molar-refractivity contribution in [3.63, 3.8) is 0 Å². The van der Waals surface area contributed by atoms with Crippen molar-refractivity contribution in [2.24, 2.45) is 0 Å². The molecule has 6 nitrogen and oxygen atoms in total. The molecular weight excluding hydrogens is 366 g/mol. The lowest BCUT2D eigenvalue weighted by Gasteiger charge is -2.18. The number of urea groups is 1. The van der Waals surface area contributed by atoms with Gasteiger partial charge in [0.2, 0.25) is 0 Å². The molecule has 0 aliphatic heterocycles. The molecule has 0 bridgehead atoms. The van der Waals surface area contributed by atoms with Crippen LogP contribution in [0, 0.1) is 0 Å². The van der Waals surface area contributed by atoms with Gasteiger partial charge >= 0.3 is 6.03 Å². The van der Waals surface area contributed by atoms with E-state index < -0.39 is 0 Å².